The molecule has 2 amide bonds. The van der Waals surface area contributed by atoms with Gasteiger partial charge in [0, 0.05) is 44.5 Å². The van der Waals surface area contributed by atoms with Crippen LogP contribution in [0.5, 0.6) is 11.6 Å². The van der Waals surface area contributed by atoms with E-state index in [1.807, 2.05) is 6.07 Å². The number of anilines is 2. The van der Waals surface area contributed by atoms with E-state index in [0.29, 0.717) is 47.0 Å². The van der Waals surface area contributed by atoms with Crippen molar-refractivity contribution < 1.29 is 27.5 Å². The first-order valence-electron chi connectivity index (χ1n) is 13.3. The molecule has 0 aliphatic rings. The van der Waals surface area contributed by atoms with Crippen LogP contribution in [0.2, 0.25) is 0 Å². The molecule has 4 aromatic rings. The van der Waals surface area contributed by atoms with E-state index in [1.54, 1.807) is 86.9 Å². The summed E-state index contributed by atoms with van der Waals surface area (Å²) in [6.07, 6.45) is 0. The lowest BCUT2D eigenvalue weighted by atomic mass is 10.0. The fourth-order valence-electron chi connectivity index (χ4n) is 4.19. The molecule has 0 atom stereocenters. The van der Waals surface area contributed by atoms with Gasteiger partial charge in [-0.15, -0.1) is 0 Å². The number of pyridine rings is 1. The number of carbonyl (C=O) groups excluding carboxylic acids is 2. The Balaban J connectivity index is 1.45. The maximum absolute atomic E-state index is 13.5. The third kappa shape index (κ3) is 7.80. The highest BCUT2D eigenvalue weighted by Gasteiger charge is 2.21. The standard InChI is InChI=1S/C31H33N5O6S/c1-36(2)31(38)23-9-5-8-21(18-23)22-14-15-27(41-3)28(19-22)43(39,40)35-25-11-6-10-24(20-25)32-16-17-33-30(37)26-12-7-13-29(34-26)42-4/h5-15,18-20,32,35H,16-17H2,1-4H3,(H,33,37). The molecule has 1 heterocycles. The number of aromatic nitrogens is 1. The minimum Gasteiger partial charge on any atom is -0.495 e. The highest BCUT2D eigenvalue weighted by Crippen LogP contribution is 2.32. The van der Waals surface area contributed by atoms with Crippen LogP contribution in [-0.2, 0) is 10.0 Å². The van der Waals surface area contributed by atoms with E-state index in [4.69, 9.17) is 9.47 Å². The Kier molecular flexibility index (Phi) is 9.83. The second kappa shape index (κ2) is 13.7. The van der Waals surface area contributed by atoms with Crippen molar-refractivity contribution in [3.63, 3.8) is 0 Å². The van der Waals surface area contributed by atoms with E-state index in [9.17, 15) is 18.0 Å². The number of amides is 2. The van der Waals surface area contributed by atoms with Gasteiger partial charge in [0.15, 0.2) is 0 Å². The third-order valence-corrected chi connectivity index (χ3v) is 7.72. The molecule has 12 heteroatoms. The van der Waals surface area contributed by atoms with Gasteiger partial charge in [-0.3, -0.25) is 14.3 Å². The summed E-state index contributed by atoms with van der Waals surface area (Å²) in [6, 6.07) is 23.5. The predicted octanol–water partition coefficient (Wildman–Crippen LogP) is 4.11. The van der Waals surface area contributed by atoms with E-state index >= 15 is 0 Å². The number of carbonyl (C=O) groups is 2. The van der Waals surface area contributed by atoms with Crippen molar-refractivity contribution >= 4 is 33.2 Å². The molecule has 0 bridgehead atoms. The maximum Gasteiger partial charge on any atom is 0.270 e. The van der Waals surface area contributed by atoms with Crippen LogP contribution in [0.15, 0.2) is 89.8 Å². The molecule has 0 fully saturated rings. The number of nitrogens with zero attached hydrogens (tertiary/aromatic N) is 2. The first-order chi connectivity index (χ1) is 20.6. The number of rotatable bonds is 12. The van der Waals surface area contributed by atoms with Gasteiger partial charge in [-0.1, -0.05) is 30.3 Å². The second-order valence-electron chi connectivity index (χ2n) is 9.58. The Bertz CT molecular complexity index is 1730. The number of ether oxygens (including phenoxy) is 2. The molecule has 0 radical (unpaired) electrons. The van der Waals surface area contributed by atoms with Crippen molar-refractivity contribution in [3.8, 4) is 22.8 Å². The Hall–Kier alpha value is -5.10. The number of nitrogens with one attached hydrogen (secondary N) is 3. The summed E-state index contributed by atoms with van der Waals surface area (Å²) >= 11 is 0. The van der Waals surface area contributed by atoms with Gasteiger partial charge in [-0.25, -0.2) is 13.4 Å². The van der Waals surface area contributed by atoms with Crippen molar-refractivity contribution in [3.05, 3.63) is 96.2 Å². The topological polar surface area (TPSA) is 139 Å². The molecule has 0 unspecified atom stereocenters. The highest BCUT2D eigenvalue weighted by molar-refractivity contribution is 7.92. The average molecular weight is 604 g/mol. The van der Waals surface area contributed by atoms with E-state index in [-0.39, 0.29) is 28.2 Å². The summed E-state index contributed by atoms with van der Waals surface area (Å²) in [6.45, 7) is 0.691. The molecule has 43 heavy (non-hydrogen) atoms. The SMILES string of the molecule is COc1cccc(C(=O)NCCNc2cccc(NS(=O)(=O)c3cc(-c4cccc(C(=O)N(C)C)c4)ccc3OC)c2)n1. The summed E-state index contributed by atoms with van der Waals surface area (Å²) in [5, 5.41) is 5.94. The van der Waals surface area contributed by atoms with Crippen LogP contribution < -0.4 is 24.8 Å². The number of benzene rings is 3. The molecule has 4 rings (SSSR count). The minimum absolute atomic E-state index is 0.0518. The average Bonchev–Trinajstić information content (AvgIpc) is 3.02. The molecule has 0 saturated heterocycles. The fraction of sp³-hybridized carbons (Fsp3) is 0.194. The third-order valence-electron chi connectivity index (χ3n) is 6.32. The number of hydrogen-bond acceptors (Lipinski definition) is 8. The normalized spacial score (nSPS) is 10.9. The summed E-state index contributed by atoms with van der Waals surface area (Å²) < 4.78 is 40.1. The lowest BCUT2D eigenvalue weighted by Gasteiger charge is -2.15. The van der Waals surface area contributed by atoms with Gasteiger partial charge < -0.3 is 25.0 Å². The molecule has 0 saturated carbocycles. The van der Waals surface area contributed by atoms with Crippen molar-refractivity contribution in [2.45, 2.75) is 4.90 Å². The molecule has 224 valence electrons. The molecule has 1 aromatic heterocycles. The molecule has 0 aliphatic heterocycles. The Morgan fingerprint density at radius 2 is 1.53 bits per heavy atom. The largest absolute Gasteiger partial charge is 0.495 e. The maximum atomic E-state index is 13.5. The van der Waals surface area contributed by atoms with E-state index in [2.05, 4.69) is 20.3 Å². The van der Waals surface area contributed by atoms with Crippen molar-refractivity contribution in [2.75, 3.05) is 51.4 Å². The van der Waals surface area contributed by atoms with Crippen molar-refractivity contribution in [1.82, 2.24) is 15.2 Å². The van der Waals surface area contributed by atoms with Crippen LogP contribution in [0.3, 0.4) is 0 Å². The molecular formula is C31H33N5O6S. The predicted molar refractivity (Wildman–Crippen MR) is 165 cm³/mol. The van der Waals surface area contributed by atoms with Crippen LogP contribution in [-0.4, -0.2) is 71.5 Å². The lowest BCUT2D eigenvalue weighted by molar-refractivity contribution is 0.0827. The highest BCUT2D eigenvalue weighted by atomic mass is 32.2. The summed E-state index contributed by atoms with van der Waals surface area (Å²) in [5.74, 6) is 0.0245. The van der Waals surface area contributed by atoms with Gasteiger partial charge in [0.2, 0.25) is 5.88 Å². The zero-order valence-corrected chi connectivity index (χ0v) is 25.1. The van der Waals surface area contributed by atoms with Gasteiger partial charge >= 0.3 is 0 Å². The molecular weight excluding hydrogens is 570 g/mol. The molecule has 3 N–H and O–H groups in total. The van der Waals surface area contributed by atoms with E-state index in [0.717, 1.165) is 0 Å². The zero-order valence-electron chi connectivity index (χ0n) is 24.2. The van der Waals surface area contributed by atoms with Crippen LogP contribution in [0, 0.1) is 0 Å². The molecule has 0 spiro atoms. The number of sulfonamides is 1. The van der Waals surface area contributed by atoms with E-state index < -0.39 is 10.0 Å². The molecule has 3 aromatic carbocycles. The monoisotopic (exact) mass is 603 g/mol. The Labute approximate surface area is 250 Å². The summed E-state index contributed by atoms with van der Waals surface area (Å²) in [4.78, 5) is 30.3. The van der Waals surface area contributed by atoms with Crippen LogP contribution in [0.4, 0.5) is 11.4 Å². The van der Waals surface area contributed by atoms with E-state index in [1.165, 1.54) is 25.2 Å². The number of methoxy groups -OCH3 is 2. The quantitative estimate of drug-likeness (QED) is 0.206. The molecule has 11 nitrogen and oxygen atoms in total. The first-order valence-corrected chi connectivity index (χ1v) is 14.8. The van der Waals surface area contributed by atoms with Gasteiger partial charge in [0.1, 0.15) is 16.3 Å². The summed E-state index contributed by atoms with van der Waals surface area (Å²) in [7, 11) is 2.15. The van der Waals surface area contributed by atoms with Gasteiger partial charge in [0.05, 0.1) is 19.9 Å². The van der Waals surface area contributed by atoms with Crippen molar-refractivity contribution in [1.29, 1.82) is 0 Å². The second-order valence-corrected chi connectivity index (χ2v) is 11.2. The lowest BCUT2D eigenvalue weighted by Crippen LogP contribution is -2.29. The van der Waals surface area contributed by atoms with Gasteiger partial charge in [-0.2, -0.15) is 0 Å². The Morgan fingerprint density at radius 3 is 2.28 bits per heavy atom. The fourth-order valence-corrected chi connectivity index (χ4v) is 5.43. The van der Waals surface area contributed by atoms with Crippen molar-refractivity contribution in [2.24, 2.45) is 0 Å². The van der Waals surface area contributed by atoms with Crippen LogP contribution in [0.1, 0.15) is 20.8 Å². The van der Waals surface area contributed by atoms with Crippen LogP contribution in [0.25, 0.3) is 11.1 Å². The zero-order chi connectivity index (χ0) is 31.0. The van der Waals surface area contributed by atoms with Crippen LogP contribution >= 0.6 is 0 Å². The smallest absolute Gasteiger partial charge is 0.270 e. The van der Waals surface area contributed by atoms with Gasteiger partial charge in [0.25, 0.3) is 21.8 Å². The molecule has 0 aliphatic carbocycles. The first kappa shape index (κ1) is 30.8. The minimum atomic E-state index is -4.07. The Morgan fingerprint density at radius 1 is 0.814 bits per heavy atom. The number of hydrogen-bond donors (Lipinski definition) is 3. The summed E-state index contributed by atoms with van der Waals surface area (Å²) in [5.41, 5.74) is 3.01. The van der Waals surface area contributed by atoms with Gasteiger partial charge in [-0.05, 0) is 59.7 Å².